The van der Waals surface area contributed by atoms with E-state index in [-0.39, 0.29) is 39.7 Å². The highest BCUT2D eigenvalue weighted by Gasteiger charge is 2.39. The summed E-state index contributed by atoms with van der Waals surface area (Å²) in [5.74, 6) is -1.52. The van der Waals surface area contributed by atoms with Gasteiger partial charge in [0.15, 0.2) is 11.6 Å². The maximum atomic E-state index is 15.2. The Kier molecular flexibility index (Phi) is 7.42. The van der Waals surface area contributed by atoms with Gasteiger partial charge in [0.25, 0.3) is 0 Å². The average Bonchev–Trinajstić information content (AvgIpc) is 3.37. The molecule has 0 fully saturated rings. The summed E-state index contributed by atoms with van der Waals surface area (Å²) in [4.78, 5) is 18.3. The van der Waals surface area contributed by atoms with Gasteiger partial charge in [0.05, 0.1) is 23.6 Å². The lowest BCUT2D eigenvalue weighted by Crippen LogP contribution is -2.39. The van der Waals surface area contributed by atoms with Gasteiger partial charge in [0.1, 0.15) is 52.1 Å². The van der Waals surface area contributed by atoms with Gasteiger partial charge in [-0.1, -0.05) is 18.2 Å². The Morgan fingerprint density at radius 1 is 0.955 bits per heavy atom. The molecule has 2 aliphatic heterocycles. The molecule has 0 spiro atoms. The minimum absolute atomic E-state index is 0.0250. The average molecular weight is 602 g/mol. The first-order chi connectivity index (χ1) is 21.0. The summed E-state index contributed by atoms with van der Waals surface area (Å²) in [5, 5.41) is 5.11. The predicted molar refractivity (Wildman–Crippen MR) is 162 cm³/mol. The molecular formula is C33H30F3N5O3. The van der Waals surface area contributed by atoms with Crippen molar-refractivity contribution in [3.8, 4) is 16.9 Å². The molecule has 8 nitrogen and oxygen atoms in total. The van der Waals surface area contributed by atoms with Crippen LogP contribution in [-0.4, -0.2) is 41.6 Å². The fraction of sp³-hybridized carbons (Fsp3) is 0.212. The number of nitrogens with zero attached hydrogens (tertiary/aromatic N) is 4. The number of ether oxygens (including phenoxy) is 1. The molecule has 0 saturated carbocycles. The van der Waals surface area contributed by atoms with E-state index in [1.165, 1.54) is 42.5 Å². The van der Waals surface area contributed by atoms with Gasteiger partial charge in [-0.2, -0.15) is 0 Å². The molecule has 1 aromatic heterocycles. The molecule has 3 heterocycles. The zero-order valence-corrected chi connectivity index (χ0v) is 24.7. The Balaban J connectivity index is 1.51. The lowest BCUT2D eigenvalue weighted by atomic mass is 9.98. The van der Waals surface area contributed by atoms with Crippen molar-refractivity contribution >= 4 is 23.0 Å². The second-order valence-corrected chi connectivity index (χ2v) is 11.0. The minimum atomic E-state index is -0.739. The highest BCUT2D eigenvalue weighted by atomic mass is 19.1. The van der Waals surface area contributed by atoms with Crippen LogP contribution in [0.3, 0.4) is 0 Å². The number of rotatable bonds is 7. The predicted octanol–water partition coefficient (Wildman–Crippen LogP) is 6.58. The molecule has 1 unspecified atom stereocenters. The summed E-state index contributed by atoms with van der Waals surface area (Å²) in [6, 6.07) is 13.7. The maximum Gasteiger partial charge on any atom is 0.203 e. The molecule has 3 aromatic carbocycles. The third-order valence-electron chi connectivity index (χ3n) is 7.36. The maximum absolute atomic E-state index is 15.2. The number of aliphatic imine (C=N–C) groups is 1. The highest BCUT2D eigenvalue weighted by molar-refractivity contribution is 5.84. The second-order valence-electron chi connectivity index (χ2n) is 11.0. The van der Waals surface area contributed by atoms with Gasteiger partial charge in [-0.05, 0) is 68.8 Å². The van der Waals surface area contributed by atoms with Gasteiger partial charge in [-0.25, -0.2) is 23.2 Å². The molecule has 44 heavy (non-hydrogen) atoms. The third kappa shape index (κ3) is 4.98. The zero-order valence-electron chi connectivity index (χ0n) is 24.7. The Morgan fingerprint density at radius 2 is 1.73 bits per heavy atom. The fourth-order valence-electron chi connectivity index (χ4n) is 5.42. The van der Waals surface area contributed by atoms with E-state index in [0.717, 1.165) is 0 Å². The Morgan fingerprint density at radius 3 is 2.43 bits per heavy atom. The fourth-order valence-corrected chi connectivity index (χ4v) is 5.42. The van der Waals surface area contributed by atoms with E-state index in [4.69, 9.17) is 9.15 Å². The summed E-state index contributed by atoms with van der Waals surface area (Å²) in [7, 11) is 3.68. The Hall–Kier alpha value is -5.03. The number of nitrogens with one attached hydrogen (secondary N) is 1. The molecule has 1 atom stereocenters. The summed E-state index contributed by atoms with van der Waals surface area (Å²) in [6.45, 7) is 5.43. The molecule has 6 rings (SSSR count). The minimum Gasteiger partial charge on any atom is -0.488 e. The van der Waals surface area contributed by atoms with E-state index >= 15 is 4.39 Å². The summed E-state index contributed by atoms with van der Waals surface area (Å²) < 4.78 is 56.4. The van der Waals surface area contributed by atoms with Gasteiger partial charge in [-0.3, -0.25) is 20.2 Å². The monoisotopic (exact) mass is 601 g/mol. The van der Waals surface area contributed by atoms with E-state index < -0.39 is 28.9 Å². The van der Waals surface area contributed by atoms with Crippen molar-refractivity contribution in [2.24, 2.45) is 4.99 Å². The van der Waals surface area contributed by atoms with E-state index in [1.807, 2.05) is 33.0 Å². The van der Waals surface area contributed by atoms with E-state index in [1.54, 1.807) is 47.7 Å². The quantitative estimate of drug-likeness (QED) is 0.257. The molecule has 226 valence electrons. The third-order valence-corrected chi connectivity index (χ3v) is 7.36. The highest BCUT2D eigenvalue weighted by Crippen LogP contribution is 2.42. The molecule has 0 saturated heterocycles. The van der Waals surface area contributed by atoms with Crippen LogP contribution in [0.25, 0.3) is 27.8 Å². The van der Waals surface area contributed by atoms with Crippen molar-refractivity contribution in [2.45, 2.75) is 32.9 Å². The van der Waals surface area contributed by atoms with Crippen LogP contribution in [0.5, 0.6) is 5.75 Å². The number of halogens is 3. The molecular weight excluding hydrogens is 571 g/mol. The number of hydrogen-bond donors (Lipinski definition) is 1. The van der Waals surface area contributed by atoms with Crippen molar-refractivity contribution in [3.05, 3.63) is 117 Å². The molecule has 1 N–H and O–H groups in total. The van der Waals surface area contributed by atoms with Gasteiger partial charge in [-0.15, -0.1) is 0 Å². The number of benzene rings is 3. The topological polar surface area (TPSA) is 73.5 Å². The zero-order chi connectivity index (χ0) is 31.3. The lowest BCUT2D eigenvalue weighted by Gasteiger charge is -2.33. The van der Waals surface area contributed by atoms with Crippen molar-refractivity contribution in [2.75, 3.05) is 14.1 Å². The summed E-state index contributed by atoms with van der Waals surface area (Å²) in [5.41, 5.74) is 5.41. The molecule has 11 heteroatoms. The van der Waals surface area contributed by atoms with Crippen molar-refractivity contribution in [1.29, 1.82) is 0 Å². The largest absolute Gasteiger partial charge is 0.488 e. The van der Waals surface area contributed by atoms with Gasteiger partial charge in [0.2, 0.25) is 5.43 Å². The Bertz CT molecular complexity index is 1930. The van der Waals surface area contributed by atoms with E-state index in [0.29, 0.717) is 22.7 Å². The first-order valence-corrected chi connectivity index (χ1v) is 14.0. The molecule has 0 amide bonds. The molecule has 0 aliphatic carbocycles. The van der Waals surface area contributed by atoms with Crippen LogP contribution in [0.2, 0.25) is 0 Å². The van der Waals surface area contributed by atoms with E-state index in [2.05, 4.69) is 10.4 Å². The van der Waals surface area contributed by atoms with E-state index in [9.17, 15) is 13.6 Å². The summed E-state index contributed by atoms with van der Waals surface area (Å²) in [6.07, 6.45) is 3.06. The molecule has 0 bridgehead atoms. The normalized spacial score (nSPS) is 15.3. The van der Waals surface area contributed by atoms with Crippen LogP contribution < -0.4 is 15.6 Å². The summed E-state index contributed by atoms with van der Waals surface area (Å²) >= 11 is 0. The first-order valence-electron chi connectivity index (χ1n) is 14.0. The first kappa shape index (κ1) is 29.1. The number of hydrogen-bond acceptors (Lipinski definition) is 8. The van der Waals surface area contributed by atoms with Gasteiger partial charge in [0, 0.05) is 19.7 Å². The van der Waals surface area contributed by atoms with Crippen LogP contribution in [0.4, 0.5) is 13.2 Å². The standard InChI is InChI=1S/C33H30F3N5O3/c1-18(2)43-26-13-12-21(15-24(26)36)30-31-25(16-37-17-40(31)39(4)5)41(38-30)19(3)33-28(20-8-6-9-22(34)14-20)32(42)29-23(35)10-7-11-27(29)44-33/h6-19,38H,1-5H3. The van der Waals surface area contributed by atoms with Crippen LogP contribution in [0.1, 0.15) is 38.1 Å². The molecule has 4 aromatic rings. The number of hydrazine groups is 2. The van der Waals surface area contributed by atoms with Crippen LogP contribution >= 0.6 is 0 Å². The van der Waals surface area contributed by atoms with Gasteiger partial charge < -0.3 is 9.15 Å². The molecule has 2 aliphatic rings. The van der Waals surface area contributed by atoms with Crippen molar-refractivity contribution in [3.63, 3.8) is 0 Å². The number of fused-ring (bicyclic) bond motifs is 2. The smallest absolute Gasteiger partial charge is 0.203 e. The van der Waals surface area contributed by atoms with Crippen LogP contribution in [0, 0.1) is 17.5 Å². The lowest BCUT2D eigenvalue weighted by molar-refractivity contribution is 0.151. The van der Waals surface area contributed by atoms with Crippen molar-refractivity contribution < 1.29 is 22.3 Å². The SMILES string of the molecule is CC(C)Oc1ccc(C2=C3C(=CN=CN3N(C)C)N(C(C)c3oc4cccc(F)c4c(=O)c3-c3cccc(F)c3)N2)cc1F. The Labute approximate surface area is 251 Å². The molecule has 0 radical (unpaired) electrons. The van der Waals surface area contributed by atoms with Crippen molar-refractivity contribution in [1.82, 2.24) is 20.5 Å². The second kappa shape index (κ2) is 11.2. The van der Waals surface area contributed by atoms with Crippen LogP contribution in [-0.2, 0) is 0 Å². The van der Waals surface area contributed by atoms with Gasteiger partial charge >= 0.3 is 0 Å². The van der Waals surface area contributed by atoms with Crippen LogP contribution in [0.15, 0.2) is 92.5 Å².